The summed E-state index contributed by atoms with van der Waals surface area (Å²) in [6.45, 7) is 3.00. The minimum atomic E-state index is -1.22. The molecule has 33 heavy (non-hydrogen) atoms. The Balaban J connectivity index is 1.29. The number of urea groups is 1. The number of rotatable bonds is 6. The second kappa shape index (κ2) is 9.16. The van der Waals surface area contributed by atoms with E-state index in [-0.39, 0.29) is 11.9 Å². The van der Waals surface area contributed by atoms with Gasteiger partial charge in [0.25, 0.3) is 5.91 Å². The number of nitrogens with zero attached hydrogens (tertiary/aromatic N) is 3. The Morgan fingerprint density at radius 1 is 0.818 bits per heavy atom. The van der Waals surface area contributed by atoms with Gasteiger partial charge in [0.1, 0.15) is 0 Å². The van der Waals surface area contributed by atoms with E-state index in [0.717, 1.165) is 31.5 Å². The molecule has 1 N–H and O–H groups in total. The van der Waals surface area contributed by atoms with E-state index < -0.39 is 5.54 Å². The number of aromatic nitrogens is 1. The molecule has 1 atom stereocenters. The Kier molecular flexibility index (Phi) is 5.92. The highest BCUT2D eigenvalue weighted by Gasteiger charge is 2.53. The monoisotopic (exact) mass is 440 g/mol. The van der Waals surface area contributed by atoms with Gasteiger partial charge in [-0.05, 0) is 60.7 Å². The largest absolute Gasteiger partial charge is 0.325 e. The summed E-state index contributed by atoms with van der Waals surface area (Å²) in [6.07, 6.45) is 5.49. The second-order valence-electron chi connectivity index (χ2n) is 8.77. The highest BCUT2D eigenvalue weighted by molar-refractivity contribution is 6.09. The molecule has 2 fully saturated rings. The predicted octanol–water partition coefficient (Wildman–Crippen LogP) is 3.76. The fourth-order valence-corrected chi connectivity index (χ4v) is 5.08. The van der Waals surface area contributed by atoms with Gasteiger partial charge in [0.05, 0.1) is 0 Å². The molecule has 0 saturated carbocycles. The average molecular weight is 441 g/mol. The Morgan fingerprint density at radius 3 is 2.09 bits per heavy atom. The molecule has 2 aliphatic rings. The molecule has 2 aliphatic heterocycles. The molecule has 2 aromatic carbocycles. The summed E-state index contributed by atoms with van der Waals surface area (Å²) in [6, 6.07) is 23.3. The number of piperidine rings is 1. The van der Waals surface area contributed by atoms with E-state index in [1.165, 1.54) is 10.5 Å². The van der Waals surface area contributed by atoms with Crippen LogP contribution in [0.15, 0.2) is 85.2 Å². The van der Waals surface area contributed by atoms with Crippen molar-refractivity contribution < 1.29 is 9.59 Å². The number of imide groups is 1. The standard InChI is InChI=1S/C27H28N4O2/c32-25-27(23-9-5-2-6-10-23,24-11-15-28-16-12-24)29-26(33)31(25)20-19-30-17-13-22(14-18-30)21-7-3-1-4-8-21/h1-12,15-16,22H,13-14,17-20H2,(H,29,33). The number of carbonyl (C=O) groups excluding carboxylic acids is 2. The molecule has 0 aliphatic carbocycles. The zero-order chi connectivity index (χ0) is 22.7. The molecule has 5 rings (SSSR count). The van der Waals surface area contributed by atoms with Crippen LogP contribution in [0.2, 0.25) is 0 Å². The average Bonchev–Trinajstić information content (AvgIpc) is 3.15. The number of pyridine rings is 1. The van der Waals surface area contributed by atoms with Crippen LogP contribution in [0, 0.1) is 0 Å². The number of benzene rings is 2. The van der Waals surface area contributed by atoms with Crippen LogP contribution in [-0.4, -0.2) is 52.9 Å². The Labute approximate surface area is 194 Å². The fraction of sp³-hybridized carbons (Fsp3) is 0.296. The second-order valence-corrected chi connectivity index (χ2v) is 8.77. The maximum atomic E-state index is 13.8. The van der Waals surface area contributed by atoms with E-state index in [0.29, 0.717) is 24.6 Å². The lowest BCUT2D eigenvalue weighted by atomic mass is 9.83. The molecule has 1 aromatic heterocycles. The summed E-state index contributed by atoms with van der Waals surface area (Å²) in [5.74, 6) is 0.348. The molecule has 3 amide bonds. The lowest BCUT2D eigenvalue weighted by Gasteiger charge is -2.33. The van der Waals surface area contributed by atoms with Gasteiger partial charge < -0.3 is 10.2 Å². The van der Waals surface area contributed by atoms with E-state index in [1.54, 1.807) is 24.5 Å². The van der Waals surface area contributed by atoms with Gasteiger partial charge in [0.15, 0.2) is 5.54 Å². The fourth-order valence-electron chi connectivity index (χ4n) is 5.08. The summed E-state index contributed by atoms with van der Waals surface area (Å²) in [4.78, 5) is 34.6. The number of hydrogen-bond donors (Lipinski definition) is 1. The lowest BCUT2D eigenvalue weighted by molar-refractivity contribution is -0.130. The van der Waals surface area contributed by atoms with E-state index in [2.05, 4.69) is 45.5 Å². The first kappa shape index (κ1) is 21.3. The van der Waals surface area contributed by atoms with Crippen molar-refractivity contribution in [2.24, 2.45) is 0 Å². The number of likely N-dealkylation sites (tertiary alicyclic amines) is 1. The lowest BCUT2D eigenvalue weighted by Crippen LogP contribution is -2.46. The molecule has 6 nitrogen and oxygen atoms in total. The van der Waals surface area contributed by atoms with Gasteiger partial charge >= 0.3 is 6.03 Å². The zero-order valence-electron chi connectivity index (χ0n) is 18.6. The van der Waals surface area contributed by atoms with Gasteiger partial charge in [0.2, 0.25) is 0 Å². The van der Waals surface area contributed by atoms with Crippen LogP contribution >= 0.6 is 0 Å². The van der Waals surface area contributed by atoms with Crippen LogP contribution in [0.5, 0.6) is 0 Å². The van der Waals surface area contributed by atoms with Crippen LogP contribution in [-0.2, 0) is 10.3 Å². The number of amides is 3. The normalized spacial score (nSPS) is 21.9. The maximum absolute atomic E-state index is 13.8. The summed E-state index contributed by atoms with van der Waals surface area (Å²) in [5.41, 5.74) is 1.65. The molecule has 1 unspecified atom stereocenters. The topological polar surface area (TPSA) is 65.5 Å². The van der Waals surface area contributed by atoms with Crippen LogP contribution in [0.3, 0.4) is 0 Å². The van der Waals surface area contributed by atoms with Crippen LogP contribution in [0.1, 0.15) is 35.4 Å². The summed E-state index contributed by atoms with van der Waals surface area (Å²) in [7, 11) is 0. The first-order valence-corrected chi connectivity index (χ1v) is 11.6. The minimum Gasteiger partial charge on any atom is -0.315 e. The van der Waals surface area contributed by atoms with Crippen LogP contribution < -0.4 is 5.32 Å². The van der Waals surface area contributed by atoms with Crippen molar-refractivity contribution in [3.05, 3.63) is 102 Å². The molecular weight excluding hydrogens is 412 g/mol. The molecule has 2 saturated heterocycles. The van der Waals surface area contributed by atoms with Gasteiger partial charge in [-0.1, -0.05) is 60.7 Å². The van der Waals surface area contributed by atoms with Crippen molar-refractivity contribution in [2.45, 2.75) is 24.3 Å². The van der Waals surface area contributed by atoms with E-state index in [9.17, 15) is 9.59 Å². The third kappa shape index (κ3) is 4.02. The Bertz CT molecular complexity index is 1060. The minimum absolute atomic E-state index is 0.232. The quantitative estimate of drug-likeness (QED) is 0.593. The Morgan fingerprint density at radius 2 is 1.42 bits per heavy atom. The summed E-state index contributed by atoms with van der Waals surface area (Å²) >= 11 is 0. The van der Waals surface area contributed by atoms with E-state index in [1.807, 2.05) is 30.3 Å². The molecule has 0 spiro atoms. The molecule has 168 valence electrons. The van der Waals surface area contributed by atoms with Crippen molar-refractivity contribution >= 4 is 11.9 Å². The van der Waals surface area contributed by atoms with Crippen LogP contribution in [0.25, 0.3) is 0 Å². The van der Waals surface area contributed by atoms with E-state index >= 15 is 0 Å². The van der Waals surface area contributed by atoms with E-state index in [4.69, 9.17) is 0 Å². The molecule has 0 radical (unpaired) electrons. The Hall–Kier alpha value is -3.51. The van der Waals surface area contributed by atoms with Gasteiger partial charge in [0, 0.05) is 25.5 Å². The van der Waals surface area contributed by atoms with Gasteiger partial charge in [-0.3, -0.25) is 14.7 Å². The highest BCUT2D eigenvalue weighted by atomic mass is 16.2. The van der Waals surface area contributed by atoms with Gasteiger partial charge in [-0.2, -0.15) is 0 Å². The smallest absolute Gasteiger partial charge is 0.315 e. The predicted molar refractivity (Wildman–Crippen MR) is 127 cm³/mol. The van der Waals surface area contributed by atoms with Crippen molar-refractivity contribution in [3.8, 4) is 0 Å². The number of carbonyl (C=O) groups is 2. The third-order valence-corrected chi connectivity index (χ3v) is 6.92. The first-order valence-electron chi connectivity index (χ1n) is 11.6. The zero-order valence-corrected chi connectivity index (χ0v) is 18.6. The third-order valence-electron chi connectivity index (χ3n) is 6.92. The molecule has 6 heteroatoms. The number of nitrogens with one attached hydrogen (secondary N) is 1. The molecule has 3 heterocycles. The summed E-state index contributed by atoms with van der Waals surface area (Å²) < 4.78 is 0. The SMILES string of the molecule is O=C1NC(c2ccccc2)(c2ccncc2)C(=O)N1CCN1CCC(c2ccccc2)CC1. The van der Waals surface area contributed by atoms with Crippen molar-refractivity contribution in [1.29, 1.82) is 0 Å². The molecule has 0 bridgehead atoms. The van der Waals surface area contributed by atoms with Gasteiger partial charge in [-0.25, -0.2) is 4.79 Å². The van der Waals surface area contributed by atoms with Crippen molar-refractivity contribution in [2.75, 3.05) is 26.2 Å². The first-order chi connectivity index (χ1) is 16.2. The number of hydrogen-bond acceptors (Lipinski definition) is 4. The van der Waals surface area contributed by atoms with Crippen LogP contribution in [0.4, 0.5) is 4.79 Å². The maximum Gasteiger partial charge on any atom is 0.325 e. The summed E-state index contributed by atoms with van der Waals surface area (Å²) in [5, 5.41) is 3.01. The van der Waals surface area contributed by atoms with Crippen molar-refractivity contribution in [1.82, 2.24) is 20.1 Å². The van der Waals surface area contributed by atoms with Crippen molar-refractivity contribution in [3.63, 3.8) is 0 Å². The molecular formula is C27H28N4O2. The van der Waals surface area contributed by atoms with Gasteiger partial charge in [-0.15, -0.1) is 0 Å². The highest BCUT2D eigenvalue weighted by Crippen LogP contribution is 2.36. The molecule has 3 aromatic rings.